The van der Waals surface area contributed by atoms with E-state index < -0.39 is 11.3 Å². The smallest absolute Gasteiger partial charge is 0.258 e. The Labute approximate surface area is 87.0 Å². The molecule has 1 rings (SSSR count). The summed E-state index contributed by atoms with van der Waals surface area (Å²) < 4.78 is 25.1. The SMILES string of the molecule is Cc1c(C(F)F)cc(Br)cc1[N+](=O)[O-]. The van der Waals surface area contributed by atoms with Crippen molar-refractivity contribution in [1.82, 2.24) is 0 Å². The minimum atomic E-state index is -2.70. The van der Waals surface area contributed by atoms with Gasteiger partial charge in [0.2, 0.25) is 0 Å². The van der Waals surface area contributed by atoms with Crippen LogP contribution in [0.2, 0.25) is 0 Å². The Bertz CT molecular complexity index is 382. The van der Waals surface area contributed by atoms with Gasteiger partial charge < -0.3 is 0 Å². The summed E-state index contributed by atoms with van der Waals surface area (Å²) in [5.41, 5.74) is -0.603. The third kappa shape index (κ3) is 2.06. The fourth-order valence-electron chi connectivity index (χ4n) is 1.10. The van der Waals surface area contributed by atoms with Gasteiger partial charge in [-0.2, -0.15) is 0 Å². The second kappa shape index (κ2) is 4.00. The first-order valence-electron chi connectivity index (χ1n) is 3.66. The molecule has 0 saturated carbocycles. The molecule has 14 heavy (non-hydrogen) atoms. The Morgan fingerprint density at radius 2 is 2.07 bits per heavy atom. The molecule has 0 atom stereocenters. The molecule has 0 amide bonds. The average molecular weight is 266 g/mol. The number of nitrogens with zero attached hydrogens (tertiary/aromatic N) is 1. The molecule has 1 aromatic rings. The van der Waals surface area contributed by atoms with Gasteiger partial charge in [-0.25, -0.2) is 8.78 Å². The monoisotopic (exact) mass is 265 g/mol. The average Bonchev–Trinajstić information content (AvgIpc) is 2.07. The van der Waals surface area contributed by atoms with E-state index in [-0.39, 0.29) is 21.3 Å². The van der Waals surface area contributed by atoms with Crippen LogP contribution in [0.1, 0.15) is 17.6 Å². The first-order chi connectivity index (χ1) is 6.43. The summed E-state index contributed by atoms with van der Waals surface area (Å²) in [6, 6.07) is 2.40. The van der Waals surface area contributed by atoms with Crippen LogP contribution in [-0.2, 0) is 0 Å². The molecule has 0 unspecified atom stereocenters. The van der Waals surface area contributed by atoms with Crippen molar-refractivity contribution in [2.45, 2.75) is 13.3 Å². The van der Waals surface area contributed by atoms with Gasteiger partial charge in [0.1, 0.15) is 0 Å². The van der Waals surface area contributed by atoms with Gasteiger partial charge in [0.05, 0.1) is 4.92 Å². The van der Waals surface area contributed by atoms with Gasteiger partial charge in [0.25, 0.3) is 12.1 Å². The minimum absolute atomic E-state index is 0.00759. The lowest BCUT2D eigenvalue weighted by molar-refractivity contribution is -0.385. The molecule has 76 valence electrons. The fourth-order valence-corrected chi connectivity index (χ4v) is 1.56. The Morgan fingerprint density at radius 3 is 2.50 bits per heavy atom. The fraction of sp³-hybridized carbons (Fsp3) is 0.250. The summed E-state index contributed by atoms with van der Waals surface area (Å²) >= 11 is 2.95. The highest BCUT2D eigenvalue weighted by molar-refractivity contribution is 9.10. The van der Waals surface area contributed by atoms with E-state index in [9.17, 15) is 18.9 Å². The van der Waals surface area contributed by atoms with Gasteiger partial charge in [-0.1, -0.05) is 15.9 Å². The van der Waals surface area contributed by atoms with Crippen LogP contribution in [0.25, 0.3) is 0 Å². The maximum absolute atomic E-state index is 12.4. The van der Waals surface area contributed by atoms with Crippen LogP contribution in [0.4, 0.5) is 14.5 Å². The highest BCUT2D eigenvalue weighted by Gasteiger charge is 2.20. The van der Waals surface area contributed by atoms with E-state index in [1.54, 1.807) is 0 Å². The normalized spacial score (nSPS) is 10.6. The van der Waals surface area contributed by atoms with Gasteiger partial charge in [-0.15, -0.1) is 0 Å². The molecule has 0 fully saturated rings. The van der Waals surface area contributed by atoms with E-state index in [4.69, 9.17) is 0 Å². The van der Waals surface area contributed by atoms with Crippen LogP contribution >= 0.6 is 15.9 Å². The van der Waals surface area contributed by atoms with Crippen molar-refractivity contribution >= 4 is 21.6 Å². The van der Waals surface area contributed by atoms with Gasteiger partial charge in [-0.05, 0) is 13.0 Å². The molecule has 0 heterocycles. The molecule has 1 aromatic carbocycles. The van der Waals surface area contributed by atoms with Gasteiger partial charge in [0.15, 0.2) is 0 Å². The summed E-state index contributed by atoms with van der Waals surface area (Å²) in [6.45, 7) is 1.31. The second-order valence-electron chi connectivity index (χ2n) is 2.70. The lowest BCUT2D eigenvalue weighted by atomic mass is 10.1. The van der Waals surface area contributed by atoms with Crippen LogP contribution in [0.15, 0.2) is 16.6 Å². The number of benzene rings is 1. The van der Waals surface area contributed by atoms with Gasteiger partial charge >= 0.3 is 0 Å². The number of hydrogen-bond acceptors (Lipinski definition) is 2. The van der Waals surface area contributed by atoms with Crippen LogP contribution in [0.5, 0.6) is 0 Å². The highest BCUT2D eigenvalue weighted by atomic mass is 79.9. The van der Waals surface area contributed by atoms with E-state index >= 15 is 0 Å². The number of halogens is 3. The molecule has 0 bridgehead atoms. The van der Waals surface area contributed by atoms with E-state index in [1.807, 2.05) is 0 Å². The van der Waals surface area contributed by atoms with Crippen molar-refractivity contribution in [2.24, 2.45) is 0 Å². The summed E-state index contributed by atoms with van der Waals surface area (Å²) in [5.74, 6) is 0. The first-order valence-corrected chi connectivity index (χ1v) is 4.45. The van der Waals surface area contributed by atoms with Crippen LogP contribution in [-0.4, -0.2) is 4.92 Å². The Hall–Kier alpha value is -1.04. The number of hydrogen-bond donors (Lipinski definition) is 0. The molecular weight excluding hydrogens is 260 g/mol. The Kier molecular flexibility index (Phi) is 3.15. The molecule has 0 radical (unpaired) electrons. The molecular formula is C8H6BrF2NO2. The first kappa shape index (κ1) is 11.0. The maximum Gasteiger partial charge on any atom is 0.273 e. The van der Waals surface area contributed by atoms with Crippen molar-refractivity contribution in [3.63, 3.8) is 0 Å². The van der Waals surface area contributed by atoms with E-state index in [1.165, 1.54) is 19.1 Å². The molecule has 0 saturated heterocycles. The molecule has 0 aliphatic carbocycles. The molecule has 0 N–H and O–H groups in total. The largest absolute Gasteiger partial charge is 0.273 e. The predicted octanol–water partition coefficient (Wildman–Crippen LogP) is 3.60. The van der Waals surface area contributed by atoms with Crippen molar-refractivity contribution in [2.75, 3.05) is 0 Å². The van der Waals surface area contributed by atoms with E-state index in [2.05, 4.69) is 15.9 Å². The topological polar surface area (TPSA) is 43.1 Å². The van der Waals surface area contributed by atoms with E-state index in [0.29, 0.717) is 0 Å². The lowest BCUT2D eigenvalue weighted by Crippen LogP contribution is -1.97. The molecule has 0 aromatic heterocycles. The molecule has 0 spiro atoms. The molecule has 3 nitrogen and oxygen atoms in total. The summed E-state index contributed by atoms with van der Waals surface area (Å²) in [4.78, 5) is 9.81. The quantitative estimate of drug-likeness (QED) is 0.606. The van der Waals surface area contributed by atoms with Gasteiger partial charge in [0, 0.05) is 21.7 Å². The summed E-state index contributed by atoms with van der Waals surface area (Å²) in [7, 11) is 0. The van der Waals surface area contributed by atoms with Crippen molar-refractivity contribution < 1.29 is 13.7 Å². The Balaban J connectivity index is 3.40. The number of nitro groups is 1. The van der Waals surface area contributed by atoms with E-state index in [0.717, 1.165) is 0 Å². The second-order valence-corrected chi connectivity index (χ2v) is 3.61. The van der Waals surface area contributed by atoms with Gasteiger partial charge in [-0.3, -0.25) is 10.1 Å². The zero-order valence-corrected chi connectivity index (χ0v) is 8.72. The van der Waals surface area contributed by atoms with Crippen LogP contribution < -0.4 is 0 Å². The van der Waals surface area contributed by atoms with Crippen molar-refractivity contribution in [3.8, 4) is 0 Å². The van der Waals surface area contributed by atoms with Crippen molar-refractivity contribution in [1.29, 1.82) is 0 Å². The zero-order valence-electron chi connectivity index (χ0n) is 7.13. The number of rotatable bonds is 2. The highest BCUT2D eigenvalue weighted by Crippen LogP contribution is 2.32. The molecule has 0 aliphatic heterocycles. The summed E-state index contributed by atoms with van der Waals surface area (Å²) in [6.07, 6.45) is -2.70. The van der Waals surface area contributed by atoms with Crippen LogP contribution in [0.3, 0.4) is 0 Å². The third-order valence-corrected chi connectivity index (χ3v) is 2.27. The Morgan fingerprint density at radius 1 is 1.50 bits per heavy atom. The van der Waals surface area contributed by atoms with Crippen LogP contribution in [0, 0.1) is 17.0 Å². The lowest BCUT2D eigenvalue weighted by Gasteiger charge is -2.05. The number of nitro benzene ring substituents is 1. The third-order valence-electron chi connectivity index (χ3n) is 1.82. The minimum Gasteiger partial charge on any atom is -0.258 e. The van der Waals surface area contributed by atoms with Crippen molar-refractivity contribution in [3.05, 3.63) is 37.8 Å². The molecule has 6 heteroatoms. The predicted molar refractivity (Wildman–Crippen MR) is 50.5 cm³/mol. The molecule has 0 aliphatic rings. The maximum atomic E-state index is 12.4. The standard InChI is InChI=1S/C8H6BrF2NO2/c1-4-6(8(10)11)2-5(9)3-7(4)12(13)14/h2-3,8H,1H3. The zero-order chi connectivity index (χ0) is 10.9. The number of alkyl halides is 2. The summed E-state index contributed by atoms with van der Waals surface area (Å²) in [5, 5.41) is 10.5.